The van der Waals surface area contributed by atoms with Crippen molar-refractivity contribution < 1.29 is 22.7 Å². The number of halogens is 3. The maximum absolute atomic E-state index is 11.9. The number of aromatic nitrogens is 1. The quantitative estimate of drug-likeness (QED) is 0.767. The third-order valence-electron chi connectivity index (χ3n) is 1.41. The first-order valence-corrected chi connectivity index (χ1v) is 3.61. The van der Waals surface area contributed by atoms with Gasteiger partial charge in [-0.3, -0.25) is 4.79 Å². The van der Waals surface area contributed by atoms with Crippen LogP contribution in [0.15, 0.2) is 12.3 Å². The van der Waals surface area contributed by atoms with Crippen molar-refractivity contribution in [2.75, 3.05) is 5.73 Å². The molecule has 0 radical (unpaired) electrons. The molecule has 0 aromatic carbocycles. The number of amides is 1. The first-order chi connectivity index (χ1) is 6.81. The molecule has 0 aliphatic carbocycles. The van der Waals surface area contributed by atoms with Crippen molar-refractivity contribution in [3.63, 3.8) is 0 Å². The Labute approximate surface area is 81.8 Å². The van der Waals surface area contributed by atoms with Crippen LogP contribution < -0.4 is 16.2 Å². The molecule has 0 aliphatic rings. The van der Waals surface area contributed by atoms with Gasteiger partial charge >= 0.3 is 6.36 Å². The zero-order chi connectivity index (χ0) is 11.6. The second-order valence-electron chi connectivity index (χ2n) is 2.49. The molecular weight excluding hydrogens is 215 g/mol. The normalized spacial score (nSPS) is 11.1. The van der Waals surface area contributed by atoms with E-state index >= 15 is 0 Å². The number of nitrogens with two attached hydrogens (primary N) is 2. The maximum atomic E-state index is 11.9. The summed E-state index contributed by atoms with van der Waals surface area (Å²) in [5.41, 5.74) is 9.27. The summed E-state index contributed by atoms with van der Waals surface area (Å²) in [5, 5.41) is 0. The zero-order valence-corrected chi connectivity index (χ0v) is 7.21. The SMILES string of the molecule is NC(=O)c1c(N)ccnc1OC(F)(F)F. The van der Waals surface area contributed by atoms with Gasteiger partial charge in [-0.2, -0.15) is 0 Å². The van der Waals surface area contributed by atoms with Crippen LogP contribution in [0.1, 0.15) is 10.4 Å². The van der Waals surface area contributed by atoms with Gasteiger partial charge in [-0.15, -0.1) is 13.2 Å². The molecule has 1 aromatic heterocycles. The van der Waals surface area contributed by atoms with Crippen LogP contribution >= 0.6 is 0 Å². The minimum atomic E-state index is -4.95. The van der Waals surface area contributed by atoms with Crippen LogP contribution in [0.2, 0.25) is 0 Å². The van der Waals surface area contributed by atoms with E-state index in [4.69, 9.17) is 11.5 Å². The van der Waals surface area contributed by atoms with Gasteiger partial charge in [0.05, 0.1) is 5.69 Å². The molecule has 82 valence electrons. The summed E-state index contributed by atoms with van der Waals surface area (Å²) in [6.07, 6.45) is -3.98. The van der Waals surface area contributed by atoms with Crippen LogP contribution in [-0.2, 0) is 0 Å². The summed E-state index contributed by atoms with van der Waals surface area (Å²) in [7, 11) is 0. The fourth-order valence-electron chi connectivity index (χ4n) is 0.891. The van der Waals surface area contributed by atoms with Gasteiger partial charge in [0.2, 0.25) is 5.88 Å². The molecule has 0 fully saturated rings. The Morgan fingerprint density at radius 1 is 1.47 bits per heavy atom. The molecule has 0 saturated carbocycles. The van der Waals surface area contributed by atoms with Crippen LogP contribution in [0.3, 0.4) is 0 Å². The molecule has 1 heterocycles. The molecule has 8 heteroatoms. The second kappa shape index (κ2) is 3.64. The highest BCUT2D eigenvalue weighted by molar-refractivity contribution is 6.00. The third-order valence-corrected chi connectivity index (χ3v) is 1.41. The van der Waals surface area contributed by atoms with Gasteiger partial charge in [0.25, 0.3) is 5.91 Å². The van der Waals surface area contributed by atoms with Crippen molar-refractivity contribution in [1.29, 1.82) is 0 Å². The Kier molecular flexibility index (Phi) is 2.69. The molecule has 0 saturated heterocycles. The Bertz CT molecular complexity index is 392. The van der Waals surface area contributed by atoms with E-state index in [2.05, 4.69) is 9.72 Å². The van der Waals surface area contributed by atoms with E-state index in [-0.39, 0.29) is 5.69 Å². The van der Waals surface area contributed by atoms with Gasteiger partial charge in [0, 0.05) is 6.20 Å². The number of hydrogen-bond acceptors (Lipinski definition) is 4. The Morgan fingerprint density at radius 3 is 2.53 bits per heavy atom. The average Bonchev–Trinajstić information content (AvgIpc) is 1.99. The number of alkyl halides is 3. The van der Waals surface area contributed by atoms with E-state index in [1.165, 1.54) is 0 Å². The summed E-state index contributed by atoms with van der Waals surface area (Å²) in [6, 6.07) is 1.14. The molecular formula is C7H6F3N3O2. The van der Waals surface area contributed by atoms with Crippen molar-refractivity contribution in [3.05, 3.63) is 17.8 Å². The number of rotatable bonds is 2. The molecule has 1 rings (SSSR count). The molecule has 0 aliphatic heterocycles. The predicted octanol–water partition coefficient (Wildman–Crippen LogP) is 0.661. The van der Waals surface area contributed by atoms with E-state index in [1.807, 2.05) is 0 Å². The van der Waals surface area contributed by atoms with Gasteiger partial charge < -0.3 is 16.2 Å². The number of ether oxygens (including phenoxy) is 1. The average molecular weight is 221 g/mol. The topological polar surface area (TPSA) is 91.2 Å². The fraction of sp³-hybridized carbons (Fsp3) is 0.143. The molecule has 1 amide bonds. The largest absolute Gasteiger partial charge is 0.574 e. The van der Waals surface area contributed by atoms with Crippen molar-refractivity contribution in [3.8, 4) is 5.88 Å². The number of nitrogen functional groups attached to an aromatic ring is 1. The lowest BCUT2D eigenvalue weighted by atomic mass is 10.2. The first kappa shape index (κ1) is 11.1. The number of pyridine rings is 1. The van der Waals surface area contributed by atoms with Crippen LogP contribution in [0.5, 0.6) is 5.88 Å². The fourth-order valence-corrected chi connectivity index (χ4v) is 0.891. The van der Waals surface area contributed by atoms with Crippen LogP contribution in [0, 0.1) is 0 Å². The summed E-state index contributed by atoms with van der Waals surface area (Å²) in [6.45, 7) is 0. The lowest BCUT2D eigenvalue weighted by molar-refractivity contribution is -0.276. The Hall–Kier alpha value is -1.99. The standard InChI is InChI=1S/C7H6F3N3O2/c8-7(9,10)15-6-4(5(12)14)3(11)1-2-13-6/h1-2H,(H2,11,13)(H2,12,14). The first-order valence-electron chi connectivity index (χ1n) is 3.61. The van der Waals surface area contributed by atoms with E-state index in [0.717, 1.165) is 12.3 Å². The third kappa shape index (κ3) is 2.73. The van der Waals surface area contributed by atoms with E-state index in [0.29, 0.717) is 0 Å². The number of nitrogens with zero attached hydrogens (tertiary/aromatic N) is 1. The molecule has 0 unspecified atom stereocenters. The molecule has 1 aromatic rings. The number of anilines is 1. The monoisotopic (exact) mass is 221 g/mol. The van der Waals surface area contributed by atoms with Crippen molar-refractivity contribution in [2.45, 2.75) is 6.36 Å². The summed E-state index contributed by atoms with van der Waals surface area (Å²) in [5.74, 6) is -2.09. The lowest BCUT2D eigenvalue weighted by Gasteiger charge is -2.11. The number of carbonyl (C=O) groups is 1. The van der Waals surface area contributed by atoms with E-state index in [1.54, 1.807) is 0 Å². The van der Waals surface area contributed by atoms with Gasteiger partial charge in [-0.05, 0) is 6.07 Å². The van der Waals surface area contributed by atoms with Crippen molar-refractivity contribution in [2.24, 2.45) is 5.73 Å². The maximum Gasteiger partial charge on any atom is 0.574 e. The molecule has 4 N–H and O–H groups in total. The van der Waals surface area contributed by atoms with Gasteiger partial charge in [-0.1, -0.05) is 0 Å². The summed E-state index contributed by atoms with van der Waals surface area (Å²) in [4.78, 5) is 14.0. The van der Waals surface area contributed by atoms with Crippen molar-refractivity contribution in [1.82, 2.24) is 4.98 Å². The van der Waals surface area contributed by atoms with Gasteiger partial charge in [0.15, 0.2) is 0 Å². The smallest absolute Gasteiger partial charge is 0.398 e. The van der Waals surface area contributed by atoms with Gasteiger partial charge in [0.1, 0.15) is 5.56 Å². The van der Waals surface area contributed by atoms with Gasteiger partial charge in [-0.25, -0.2) is 4.98 Å². The number of primary amides is 1. The van der Waals surface area contributed by atoms with Crippen molar-refractivity contribution >= 4 is 11.6 Å². The van der Waals surface area contributed by atoms with Crippen LogP contribution in [0.4, 0.5) is 18.9 Å². The van der Waals surface area contributed by atoms with Crippen LogP contribution in [0.25, 0.3) is 0 Å². The van der Waals surface area contributed by atoms with E-state index in [9.17, 15) is 18.0 Å². The Balaban J connectivity index is 3.18. The Morgan fingerprint density at radius 2 is 2.07 bits per heavy atom. The van der Waals surface area contributed by atoms with E-state index < -0.39 is 23.7 Å². The molecule has 0 atom stereocenters. The predicted molar refractivity (Wildman–Crippen MR) is 43.9 cm³/mol. The minimum Gasteiger partial charge on any atom is -0.398 e. The lowest BCUT2D eigenvalue weighted by Crippen LogP contribution is -2.22. The highest BCUT2D eigenvalue weighted by Gasteiger charge is 2.34. The molecule has 15 heavy (non-hydrogen) atoms. The molecule has 0 spiro atoms. The second-order valence-corrected chi connectivity index (χ2v) is 2.49. The molecule has 5 nitrogen and oxygen atoms in total. The summed E-state index contributed by atoms with van der Waals surface area (Å²) >= 11 is 0. The zero-order valence-electron chi connectivity index (χ0n) is 7.21. The highest BCUT2D eigenvalue weighted by atomic mass is 19.4. The minimum absolute atomic E-state index is 0.225. The van der Waals surface area contributed by atoms with Crippen LogP contribution in [-0.4, -0.2) is 17.3 Å². The number of carbonyl (C=O) groups excluding carboxylic acids is 1. The number of hydrogen-bond donors (Lipinski definition) is 2. The molecule has 0 bridgehead atoms. The highest BCUT2D eigenvalue weighted by Crippen LogP contribution is 2.26. The summed E-state index contributed by atoms with van der Waals surface area (Å²) < 4.78 is 39.1.